The summed E-state index contributed by atoms with van der Waals surface area (Å²) in [6.45, 7) is 5.99. The van der Waals surface area contributed by atoms with E-state index in [1.165, 1.54) is 22.3 Å². The molecule has 0 N–H and O–H groups in total. The zero-order valence-corrected chi connectivity index (χ0v) is 33.2. The Morgan fingerprint density at radius 1 is 0.536 bits per heavy atom. The number of ketones is 2. The van der Waals surface area contributed by atoms with E-state index < -0.39 is 0 Å². The lowest BCUT2D eigenvalue weighted by atomic mass is 9.92. The van der Waals surface area contributed by atoms with E-state index >= 15 is 0 Å². The fourth-order valence-corrected chi connectivity index (χ4v) is 8.61. The van der Waals surface area contributed by atoms with E-state index in [0.29, 0.717) is 23.0 Å². The molecule has 0 saturated carbocycles. The van der Waals surface area contributed by atoms with Crippen molar-refractivity contribution in [1.29, 1.82) is 0 Å². The fraction of sp³-hybridized carbons (Fsp3) is 0.375. The van der Waals surface area contributed by atoms with E-state index in [4.69, 9.17) is 18.9 Å². The van der Waals surface area contributed by atoms with Crippen molar-refractivity contribution in [3.05, 3.63) is 142 Å². The molecule has 0 aromatic heterocycles. The quantitative estimate of drug-likeness (QED) is 0.133. The summed E-state index contributed by atoms with van der Waals surface area (Å²) in [5.41, 5.74) is 9.27. The van der Waals surface area contributed by atoms with Crippen molar-refractivity contribution in [1.82, 2.24) is 9.80 Å². The van der Waals surface area contributed by atoms with E-state index in [-0.39, 0.29) is 23.4 Å². The van der Waals surface area contributed by atoms with Gasteiger partial charge in [-0.3, -0.25) is 19.4 Å². The third-order valence-electron chi connectivity index (χ3n) is 11.7. The largest absolute Gasteiger partial charge is 0.493 e. The summed E-state index contributed by atoms with van der Waals surface area (Å²) in [5.74, 6) is 3.21. The number of methoxy groups -OCH3 is 4. The van der Waals surface area contributed by atoms with Gasteiger partial charge in [-0.25, -0.2) is 0 Å². The molecular weight excluding hydrogens is 701 g/mol. The molecule has 4 aromatic rings. The predicted octanol–water partition coefficient (Wildman–Crippen LogP) is 8.56. The topological polar surface area (TPSA) is 77.5 Å². The van der Waals surface area contributed by atoms with Crippen LogP contribution in [-0.2, 0) is 25.9 Å². The minimum absolute atomic E-state index is 0.0405. The first-order valence-electron chi connectivity index (χ1n) is 19.8. The van der Waals surface area contributed by atoms with Crippen molar-refractivity contribution in [2.24, 2.45) is 11.8 Å². The van der Waals surface area contributed by atoms with Gasteiger partial charge in [0.05, 0.1) is 28.4 Å². The van der Waals surface area contributed by atoms with Gasteiger partial charge in [-0.15, -0.1) is 0 Å². The Balaban J connectivity index is 0.000000172. The predicted molar refractivity (Wildman–Crippen MR) is 220 cm³/mol. The molecule has 4 aliphatic rings. The number of benzene rings is 4. The third-order valence-corrected chi connectivity index (χ3v) is 11.7. The van der Waals surface area contributed by atoms with Gasteiger partial charge in [-0.1, -0.05) is 84.0 Å². The number of carbonyl (C=O) groups is 2. The van der Waals surface area contributed by atoms with Crippen molar-refractivity contribution in [2.75, 3.05) is 54.6 Å². The molecule has 0 spiro atoms. The second-order valence-electron chi connectivity index (χ2n) is 15.3. The van der Waals surface area contributed by atoms with Crippen LogP contribution in [0.1, 0.15) is 68.7 Å². The molecule has 2 atom stereocenters. The Morgan fingerprint density at radius 2 is 0.911 bits per heavy atom. The van der Waals surface area contributed by atoms with Crippen LogP contribution in [0, 0.1) is 11.8 Å². The molecular formula is C48H54N2O6. The van der Waals surface area contributed by atoms with Gasteiger partial charge in [0.1, 0.15) is 0 Å². The van der Waals surface area contributed by atoms with Crippen LogP contribution in [0.2, 0.25) is 0 Å². The second-order valence-corrected chi connectivity index (χ2v) is 15.3. The van der Waals surface area contributed by atoms with Crippen LogP contribution in [0.5, 0.6) is 23.0 Å². The number of ether oxygens (including phenoxy) is 4. The maximum atomic E-state index is 12.9. The van der Waals surface area contributed by atoms with Gasteiger partial charge in [0.25, 0.3) is 0 Å². The molecule has 8 heteroatoms. The molecule has 0 amide bonds. The number of Topliss-reactive ketones (excluding diaryl/α,β-unsaturated/α-hetero) is 2. The Hall–Kier alpha value is -5.18. The standard InChI is InChI=1S/2C24H27NO3/c2*1-27-22-14-19-13-20(24(26)21(19)15-23(22)28-2)12-17-8-10-25(11-9-17)16-18-6-4-3-5-7-18/h2*3-8,14-15,20H,9-13,16H2,1-2H3/t2*20-/m10/s1. The van der Waals surface area contributed by atoms with Gasteiger partial charge in [0.2, 0.25) is 0 Å². The first kappa shape index (κ1) is 39.1. The first-order chi connectivity index (χ1) is 27.3. The van der Waals surface area contributed by atoms with Crippen molar-refractivity contribution >= 4 is 11.6 Å². The molecule has 56 heavy (non-hydrogen) atoms. The van der Waals surface area contributed by atoms with E-state index in [1.54, 1.807) is 28.4 Å². The second kappa shape index (κ2) is 18.2. The highest BCUT2D eigenvalue weighted by molar-refractivity contribution is 6.03. The van der Waals surface area contributed by atoms with Crippen LogP contribution < -0.4 is 18.9 Å². The number of carbonyl (C=O) groups excluding carboxylic acids is 2. The van der Waals surface area contributed by atoms with E-state index in [0.717, 1.165) is 100 Å². The molecule has 0 unspecified atom stereocenters. The van der Waals surface area contributed by atoms with Gasteiger partial charge >= 0.3 is 0 Å². The Morgan fingerprint density at radius 3 is 1.25 bits per heavy atom. The van der Waals surface area contributed by atoms with Crippen molar-refractivity contribution in [2.45, 2.75) is 51.6 Å². The fourth-order valence-electron chi connectivity index (χ4n) is 8.61. The van der Waals surface area contributed by atoms with Crippen molar-refractivity contribution in [3.8, 4) is 23.0 Å². The number of fused-ring (bicyclic) bond motifs is 2. The van der Waals surface area contributed by atoms with Crippen molar-refractivity contribution < 1.29 is 28.5 Å². The highest BCUT2D eigenvalue weighted by Gasteiger charge is 2.34. The van der Waals surface area contributed by atoms with Gasteiger partial charge < -0.3 is 18.9 Å². The summed E-state index contributed by atoms with van der Waals surface area (Å²) in [4.78, 5) is 30.7. The third kappa shape index (κ3) is 9.09. The SMILES string of the molecule is COc1cc2c(cc1OC)C(=O)[C@@H](CC1=CCN(Cc3ccccc3)CC1)C2.COc1cc2c(cc1OC)C(=O)[C@H](CC1=CCN(Cc3ccccc3)CC1)C2. The van der Waals surface area contributed by atoms with Gasteiger partial charge in [-0.2, -0.15) is 0 Å². The van der Waals surface area contributed by atoms with Crippen LogP contribution in [-0.4, -0.2) is 76.0 Å². The lowest BCUT2D eigenvalue weighted by Gasteiger charge is -2.27. The Bertz CT molecular complexity index is 1930. The zero-order chi connectivity index (χ0) is 39.0. The normalized spacial score (nSPS) is 19.3. The van der Waals surface area contributed by atoms with E-state index in [1.807, 2.05) is 24.3 Å². The summed E-state index contributed by atoms with van der Waals surface area (Å²) in [5, 5.41) is 0. The smallest absolute Gasteiger partial charge is 0.167 e. The molecule has 2 aliphatic carbocycles. The van der Waals surface area contributed by atoms with Crippen LogP contribution in [0.25, 0.3) is 0 Å². The number of nitrogens with zero attached hydrogens (tertiary/aromatic N) is 2. The Labute approximate surface area is 331 Å². The molecule has 292 valence electrons. The highest BCUT2D eigenvalue weighted by atomic mass is 16.5. The summed E-state index contributed by atoms with van der Waals surface area (Å²) in [6, 6.07) is 28.8. The molecule has 0 saturated heterocycles. The lowest BCUT2D eigenvalue weighted by Crippen LogP contribution is -2.29. The average Bonchev–Trinajstić information content (AvgIpc) is 3.71. The van der Waals surface area contributed by atoms with E-state index in [2.05, 4.69) is 82.6 Å². The summed E-state index contributed by atoms with van der Waals surface area (Å²) in [6.07, 6.45) is 10.0. The van der Waals surface area contributed by atoms with Crippen LogP contribution >= 0.6 is 0 Å². The number of hydrogen-bond donors (Lipinski definition) is 0. The molecule has 8 nitrogen and oxygen atoms in total. The van der Waals surface area contributed by atoms with E-state index in [9.17, 15) is 9.59 Å². The van der Waals surface area contributed by atoms with Gasteiger partial charge in [0.15, 0.2) is 34.6 Å². The van der Waals surface area contributed by atoms with Crippen LogP contribution in [0.15, 0.2) is 108 Å². The molecule has 0 radical (unpaired) electrons. The molecule has 2 aliphatic heterocycles. The van der Waals surface area contributed by atoms with Gasteiger partial charge in [0, 0.05) is 62.2 Å². The highest BCUT2D eigenvalue weighted by Crippen LogP contribution is 2.40. The molecule has 8 rings (SSSR count). The monoisotopic (exact) mass is 754 g/mol. The van der Waals surface area contributed by atoms with Crippen molar-refractivity contribution in [3.63, 3.8) is 0 Å². The Kier molecular flexibility index (Phi) is 12.7. The summed E-state index contributed by atoms with van der Waals surface area (Å²) < 4.78 is 21.5. The van der Waals surface area contributed by atoms with Crippen LogP contribution in [0.4, 0.5) is 0 Å². The molecule has 4 aromatic carbocycles. The zero-order valence-electron chi connectivity index (χ0n) is 33.2. The minimum Gasteiger partial charge on any atom is -0.493 e. The number of hydrogen-bond acceptors (Lipinski definition) is 8. The number of rotatable bonds is 12. The maximum absolute atomic E-state index is 12.9. The molecule has 0 bridgehead atoms. The van der Waals surface area contributed by atoms with Gasteiger partial charge in [-0.05, 0) is 85.0 Å². The average molecular weight is 755 g/mol. The maximum Gasteiger partial charge on any atom is 0.167 e. The molecule has 2 heterocycles. The first-order valence-corrected chi connectivity index (χ1v) is 19.8. The summed E-state index contributed by atoms with van der Waals surface area (Å²) in [7, 11) is 6.48. The molecule has 0 fully saturated rings. The summed E-state index contributed by atoms with van der Waals surface area (Å²) >= 11 is 0. The minimum atomic E-state index is 0.0405. The lowest BCUT2D eigenvalue weighted by molar-refractivity contribution is 0.0927. The van der Waals surface area contributed by atoms with Crippen LogP contribution in [0.3, 0.4) is 0 Å².